The Hall–Kier alpha value is -2.02. The van der Waals surface area contributed by atoms with Crippen molar-refractivity contribution in [2.75, 3.05) is 11.9 Å². The maximum Gasteiger partial charge on any atom is 0.101 e. The largest absolute Gasteiger partial charge is 0.387 e. The van der Waals surface area contributed by atoms with Crippen LogP contribution in [-0.2, 0) is 0 Å². The molecule has 0 fully saturated rings. The van der Waals surface area contributed by atoms with E-state index in [9.17, 15) is 5.11 Å². The van der Waals surface area contributed by atoms with Gasteiger partial charge in [-0.25, -0.2) is 0 Å². The van der Waals surface area contributed by atoms with E-state index in [0.717, 1.165) is 16.8 Å². The first-order valence-corrected chi connectivity index (χ1v) is 6.66. The highest BCUT2D eigenvalue weighted by Crippen LogP contribution is 2.21. The molecule has 0 aliphatic rings. The highest BCUT2D eigenvalue weighted by Gasteiger charge is 2.08. The summed E-state index contributed by atoms with van der Waals surface area (Å²) in [5.74, 6) is 0. The van der Waals surface area contributed by atoms with Crippen LogP contribution in [0.25, 0.3) is 0 Å². The molecular weight excluding hydrogens is 272 g/mol. The number of nitriles is 1. The number of hydrogen-bond donors (Lipinski definition) is 2. The van der Waals surface area contributed by atoms with Crippen molar-refractivity contribution in [1.29, 1.82) is 5.26 Å². The Kier molecular flexibility index (Phi) is 4.62. The number of aliphatic hydroxyl groups excluding tert-OH is 1. The fourth-order valence-corrected chi connectivity index (χ4v) is 2.15. The van der Waals surface area contributed by atoms with Crippen LogP contribution in [0.1, 0.15) is 22.8 Å². The lowest BCUT2D eigenvalue weighted by atomic mass is 10.1. The number of halogens is 1. The highest BCUT2D eigenvalue weighted by atomic mass is 35.5. The summed E-state index contributed by atoms with van der Waals surface area (Å²) in [5.41, 5.74) is 3.21. The molecule has 1 unspecified atom stereocenters. The van der Waals surface area contributed by atoms with E-state index in [0.29, 0.717) is 17.1 Å². The molecule has 0 radical (unpaired) electrons. The van der Waals surface area contributed by atoms with Crippen molar-refractivity contribution in [3.05, 3.63) is 64.2 Å². The summed E-state index contributed by atoms with van der Waals surface area (Å²) in [6.07, 6.45) is -0.593. The minimum Gasteiger partial charge on any atom is -0.387 e. The summed E-state index contributed by atoms with van der Waals surface area (Å²) in [6.45, 7) is 2.37. The maximum atomic E-state index is 10.1. The molecule has 1 atom stereocenters. The molecule has 2 rings (SSSR count). The number of nitrogens with one attached hydrogen (secondary N) is 1. The fraction of sp³-hybridized carbons (Fsp3) is 0.188. The molecule has 0 aliphatic heterocycles. The smallest absolute Gasteiger partial charge is 0.101 e. The molecule has 2 aromatic rings. The van der Waals surface area contributed by atoms with Crippen molar-refractivity contribution in [3.63, 3.8) is 0 Å². The molecule has 0 spiro atoms. The molecule has 4 heteroatoms. The van der Waals surface area contributed by atoms with Gasteiger partial charge in [0.15, 0.2) is 0 Å². The molecular formula is C16H15ClN2O. The van der Waals surface area contributed by atoms with Crippen molar-refractivity contribution in [2.24, 2.45) is 0 Å². The minimum absolute atomic E-state index is 0.381. The van der Waals surface area contributed by atoms with Gasteiger partial charge < -0.3 is 10.4 Å². The minimum atomic E-state index is -0.593. The molecule has 0 aliphatic carbocycles. The van der Waals surface area contributed by atoms with Crippen LogP contribution in [0.5, 0.6) is 0 Å². The number of aryl methyl sites for hydroxylation is 1. The van der Waals surface area contributed by atoms with Gasteiger partial charge in [0, 0.05) is 12.2 Å². The predicted octanol–water partition coefficient (Wildman–Crippen LogP) is 3.67. The van der Waals surface area contributed by atoms with E-state index < -0.39 is 6.10 Å². The Balaban J connectivity index is 2.02. The lowest BCUT2D eigenvalue weighted by Crippen LogP contribution is -2.12. The molecule has 0 saturated heterocycles. The second-order valence-corrected chi connectivity index (χ2v) is 5.02. The Morgan fingerprint density at radius 1 is 1.30 bits per heavy atom. The lowest BCUT2D eigenvalue weighted by molar-refractivity contribution is 0.191. The maximum absolute atomic E-state index is 10.1. The third kappa shape index (κ3) is 3.51. The molecule has 0 saturated carbocycles. The van der Waals surface area contributed by atoms with Gasteiger partial charge in [0.25, 0.3) is 0 Å². The monoisotopic (exact) mass is 286 g/mol. The first-order chi connectivity index (χ1) is 9.60. The second kappa shape index (κ2) is 6.42. The first kappa shape index (κ1) is 14.4. The van der Waals surface area contributed by atoms with E-state index >= 15 is 0 Å². The van der Waals surface area contributed by atoms with Gasteiger partial charge in [-0.05, 0) is 30.7 Å². The third-order valence-electron chi connectivity index (χ3n) is 3.02. The van der Waals surface area contributed by atoms with Gasteiger partial charge in [-0.2, -0.15) is 5.26 Å². The summed E-state index contributed by atoms with van der Waals surface area (Å²) in [4.78, 5) is 0. The van der Waals surface area contributed by atoms with E-state index in [1.54, 1.807) is 18.2 Å². The zero-order valence-corrected chi connectivity index (χ0v) is 11.9. The number of aliphatic hydroxyl groups is 1. The molecule has 0 bridgehead atoms. The van der Waals surface area contributed by atoms with Crippen LogP contribution in [-0.4, -0.2) is 11.7 Å². The van der Waals surface area contributed by atoms with Crippen LogP contribution in [0, 0.1) is 18.3 Å². The van der Waals surface area contributed by atoms with Gasteiger partial charge in [0.05, 0.1) is 16.7 Å². The molecule has 102 valence electrons. The molecule has 20 heavy (non-hydrogen) atoms. The van der Waals surface area contributed by atoms with Crippen molar-refractivity contribution in [3.8, 4) is 6.07 Å². The summed E-state index contributed by atoms with van der Waals surface area (Å²) in [6, 6.07) is 14.9. The van der Waals surface area contributed by atoms with Crippen LogP contribution in [0.2, 0.25) is 5.02 Å². The van der Waals surface area contributed by atoms with Crippen LogP contribution in [0.15, 0.2) is 42.5 Å². The van der Waals surface area contributed by atoms with E-state index in [4.69, 9.17) is 16.9 Å². The normalized spacial score (nSPS) is 11.7. The summed E-state index contributed by atoms with van der Waals surface area (Å²) in [7, 11) is 0. The number of nitrogens with zero attached hydrogens (tertiary/aromatic N) is 1. The van der Waals surface area contributed by atoms with Crippen LogP contribution >= 0.6 is 11.6 Å². The summed E-state index contributed by atoms with van der Waals surface area (Å²) < 4.78 is 0. The van der Waals surface area contributed by atoms with E-state index in [1.165, 1.54) is 0 Å². The van der Waals surface area contributed by atoms with Crippen LogP contribution in [0.4, 0.5) is 5.69 Å². The van der Waals surface area contributed by atoms with Crippen molar-refractivity contribution >= 4 is 17.3 Å². The van der Waals surface area contributed by atoms with Gasteiger partial charge in [-0.3, -0.25) is 0 Å². The number of anilines is 1. The van der Waals surface area contributed by atoms with Gasteiger partial charge >= 0.3 is 0 Å². The van der Waals surface area contributed by atoms with Gasteiger partial charge in [0.2, 0.25) is 0 Å². The predicted molar refractivity (Wildman–Crippen MR) is 80.8 cm³/mol. The van der Waals surface area contributed by atoms with Crippen molar-refractivity contribution in [1.82, 2.24) is 0 Å². The Labute approximate surface area is 123 Å². The van der Waals surface area contributed by atoms with E-state index in [1.807, 2.05) is 37.3 Å². The standard InChI is InChI=1S/C16H15ClN2O/c1-11-3-2-4-12(7-11)16(20)10-19-14-6-5-13(9-18)15(17)8-14/h2-8,16,19-20H,10H2,1H3. The topological polar surface area (TPSA) is 56.0 Å². The summed E-state index contributed by atoms with van der Waals surface area (Å²) >= 11 is 5.96. The van der Waals surface area contributed by atoms with Gasteiger partial charge in [-0.15, -0.1) is 0 Å². The molecule has 2 N–H and O–H groups in total. The molecule has 3 nitrogen and oxygen atoms in total. The third-order valence-corrected chi connectivity index (χ3v) is 3.33. The van der Waals surface area contributed by atoms with Crippen LogP contribution in [0.3, 0.4) is 0 Å². The van der Waals surface area contributed by atoms with Crippen molar-refractivity contribution < 1.29 is 5.11 Å². The zero-order valence-electron chi connectivity index (χ0n) is 11.1. The average Bonchev–Trinajstić information content (AvgIpc) is 2.45. The van der Waals surface area contributed by atoms with Crippen LogP contribution < -0.4 is 5.32 Å². The highest BCUT2D eigenvalue weighted by molar-refractivity contribution is 6.32. The quantitative estimate of drug-likeness (QED) is 0.902. The molecule has 0 aromatic heterocycles. The average molecular weight is 287 g/mol. The Bertz CT molecular complexity index is 649. The van der Waals surface area contributed by atoms with Crippen molar-refractivity contribution in [2.45, 2.75) is 13.0 Å². The van der Waals surface area contributed by atoms with E-state index in [2.05, 4.69) is 5.32 Å². The molecule has 2 aromatic carbocycles. The number of benzene rings is 2. The fourth-order valence-electron chi connectivity index (χ4n) is 1.93. The Morgan fingerprint density at radius 2 is 2.10 bits per heavy atom. The zero-order chi connectivity index (χ0) is 14.5. The molecule has 0 heterocycles. The van der Waals surface area contributed by atoms with Gasteiger partial charge in [0.1, 0.15) is 6.07 Å². The first-order valence-electron chi connectivity index (χ1n) is 6.28. The molecule has 0 amide bonds. The van der Waals surface area contributed by atoms with E-state index in [-0.39, 0.29) is 0 Å². The summed E-state index contributed by atoms with van der Waals surface area (Å²) in [5, 5.41) is 22.5. The lowest BCUT2D eigenvalue weighted by Gasteiger charge is -2.14. The number of hydrogen-bond acceptors (Lipinski definition) is 3. The second-order valence-electron chi connectivity index (χ2n) is 4.62. The SMILES string of the molecule is Cc1cccc(C(O)CNc2ccc(C#N)c(Cl)c2)c1. The number of rotatable bonds is 4. The Morgan fingerprint density at radius 3 is 2.75 bits per heavy atom. The van der Waals surface area contributed by atoms with Gasteiger partial charge in [-0.1, -0.05) is 41.4 Å².